The van der Waals surface area contributed by atoms with E-state index < -0.39 is 17.2 Å². The van der Waals surface area contributed by atoms with Crippen molar-refractivity contribution in [2.45, 2.75) is 31.4 Å². The molecular formula is C21H24F2N2O2. The predicted molar refractivity (Wildman–Crippen MR) is 99.0 cm³/mol. The Labute approximate surface area is 157 Å². The van der Waals surface area contributed by atoms with Crippen LogP contribution < -0.4 is 5.32 Å². The molecule has 144 valence electrons. The minimum Gasteiger partial charge on any atom is -0.379 e. The van der Waals surface area contributed by atoms with Gasteiger partial charge in [-0.15, -0.1) is 0 Å². The number of carbonyl (C=O) groups is 1. The maximum absolute atomic E-state index is 13.3. The molecule has 1 amide bonds. The van der Waals surface area contributed by atoms with Crippen LogP contribution in [0.2, 0.25) is 0 Å². The van der Waals surface area contributed by atoms with E-state index >= 15 is 0 Å². The van der Waals surface area contributed by atoms with Gasteiger partial charge in [-0.05, 0) is 42.5 Å². The third-order valence-electron chi connectivity index (χ3n) is 4.95. The fourth-order valence-corrected chi connectivity index (χ4v) is 3.41. The van der Waals surface area contributed by atoms with E-state index in [0.717, 1.165) is 30.5 Å². The molecule has 6 heteroatoms. The van der Waals surface area contributed by atoms with Crippen molar-refractivity contribution in [2.24, 2.45) is 0 Å². The minimum absolute atomic E-state index is 0.0761. The molecule has 1 aliphatic heterocycles. The van der Waals surface area contributed by atoms with Crippen molar-refractivity contribution in [1.29, 1.82) is 0 Å². The van der Waals surface area contributed by atoms with Gasteiger partial charge in [0.05, 0.1) is 0 Å². The molecule has 0 aliphatic carbocycles. The second-order valence-corrected chi connectivity index (χ2v) is 7.01. The molecule has 0 unspecified atom stereocenters. The van der Waals surface area contributed by atoms with Crippen LogP contribution in [0.1, 0.15) is 24.0 Å². The van der Waals surface area contributed by atoms with Gasteiger partial charge in [-0.25, -0.2) is 8.78 Å². The summed E-state index contributed by atoms with van der Waals surface area (Å²) in [6.45, 7) is 1.52. The van der Waals surface area contributed by atoms with Crippen molar-refractivity contribution in [3.05, 3.63) is 71.3 Å². The Morgan fingerprint density at radius 2 is 1.85 bits per heavy atom. The van der Waals surface area contributed by atoms with Crippen LogP contribution in [0.3, 0.4) is 0 Å². The van der Waals surface area contributed by atoms with Crippen molar-refractivity contribution in [1.82, 2.24) is 10.2 Å². The van der Waals surface area contributed by atoms with E-state index in [1.807, 2.05) is 30.3 Å². The Balaban J connectivity index is 1.54. The topological polar surface area (TPSA) is 52.6 Å². The zero-order chi connectivity index (χ0) is 19.3. The number of nitrogens with one attached hydrogen (secondary N) is 1. The highest BCUT2D eigenvalue weighted by Gasteiger charge is 2.41. The van der Waals surface area contributed by atoms with Gasteiger partial charge in [-0.2, -0.15) is 0 Å². The van der Waals surface area contributed by atoms with E-state index in [2.05, 4.69) is 5.32 Å². The lowest BCUT2D eigenvalue weighted by molar-refractivity contribution is -0.156. The molecule has 3 rings (SSSR count). The van der Waals surface area contributed by atoms with E-state index in [9.17, 15) is 18.7 Å². The van der Waals surface area contributed by atoms with Gasteiger partial charge in [0.1, 0.15) is 0 Å². The Morgan fingerprint density at radius 1 is 1.07 bits per heavy atom. The summed E-state index contributed by atoms with van der Waals surface area (Å²) in [6, 6.07) is 13.6. The molecule has 0 bridgehead atoms. The van der Waals surface area contributed by atoms with Gasteiger partial charge in [0.15, 0.2) is 17.2 Å². The molecule has 0 aromatic heterocycles. The molecule has 1 aliphatic rings. The van der Waals surface area contributed by atoms with Gasteiger partial charge in [0.25, 0.3) is 5.91 Å². The molecular weight excluding hydrogens is 350 g/mol. The summed E-state index contributed by atoms with van der Waals surface area (Å²) >= 11 is 0. The summed E-state index contributed by atoms with van der Waals surface area (Å²) in [4.78, 5) is 14.4. The van der Waals surface area contributed by atoms with Crippen LogP contribution in [0.25, 0.3) is 0 Å². The molecule has 27 heavy (non-hydrogen) atoms. The Kier molecular flexibility index (Phi) is 6.19. The normalized spacial score (nSPS) is 20.1. The zero-order valence-corrected chi connectivity index (χ0v) is 15.1. The van der Waals surface area contributed by atoms with Gasteiger partial charge in [0, 0.05) is 26.2 Å². The highest BCUT2D eigenvalue weighted by molar-refractivity contribution is 5.86. The fourth-order valence-electron chi connectivity index (χ4n) is 3.41. The lowest BCUT2D eigenvalue weighted by Crippen LogP contribution is -2.58. The molecule has 0 radical (unpaired) electrons. The highest BCUT2D eigenvalue weighted by Crippen LogP contribution is 2.23. The zero-order valence-electron chi connectivity index (χ0n) is 15.1. The average Bonchev–Trinajstić information content (AvgIpc) is 2.67. The number of halogens is 2. The second-order valence-electron chi connectivity index (χ2n) is 7.01. The maximum atomic E-state index is 13.3. The van der Waals surface area contributed by atoms with Crippen LogP contribution in [0.15, 0.2) is 48.5 Å². The molecule has 0 saturated carbocycles. The Hall–Kier alpha value is -2.31. The third-order valence-corrected chi connectivity index (χ3v) is 4.95. The number of amides is 1. The first kappa shape index (κ1) is 19.5. The molecule has 1 heterocycles. The fraction of sp³-hybridized carbons (Fsp3) is 0.381. The molecule has 2 aromatic carbocycles. The first-order valence-corrected chi connectivity index (χ1v) is 9.18. The SMILES string of the molecule is O=C1N(CCc2ccccc2)CCC[C@@]1(O)CNCc1ccc(F)c(F)c1. The largest absolute Gasteiger partial charge is 0.379 e. The maximum Gasteiger partial charge on any atom is 0.255 e. The number of carbonyl (C=O) groups excluding carboxylic acids is 1. The van der Waals surface area contributed by atoms with Crippen molar-refractivity contribution in [2.75, 3.05) is 19.6 Å². The van der Waals surface area contributed by atoms with Crippen molar-refractivity contribution in [3.8, 4) is 0 Å². The van der Waals surface area contributed by atoms with Crippen molar-refractivity contribution < 1.29 is 18.7 Å². The number of likely N-dealkylation sites (tertiary alicyclic amines) is 1. The van der Waals surface area contributed by atoms with Gasteiger partial charge in [-0.1, -0.05) is 36.4 Å². The van der Waals surface area contributed by atoms with Gasteiger partial charge in [-0.3, -0.25) is 4.79 Å². The molecule has 0 spiro atoms. The molecule has 1 saturated heterocycles. The lowest BCUT2D eigenvalue weighted by Gasteiger charge is -2.38. The number of piperidine rings is 1. The second kappa shape index (κ2) is 8.59. The van der Waals surface area contributed by atoms with Crippen LogP contribution in [0, 0.1) is 11.6 Å². The standard InChI is InChI=1S/C21H24F2N2O2/c22-18-8-7-17(13-19(18)23)14-24-15-21(27)10-4-11-25(20(21)26)12-9-16-5-2-1-3-6-16/h1-3,5-8,13,24,27H,4,9-12,14-15H2/t21-/m1/s1. The molecule has 1 atom stereocenters. The highest BCUT2D eigenvalue weighted by atomic mass is 19.2. The van der Waals surface area contributed by atoms with Gasteiger partial charge in [0.2, 0.25) is 0 Å². The van der Waals surface area contributed by atoms with Crippen LogP contribution in [-0.2, 0) is 17.8 Å². The minimum atomic E-state index is -1.46. The lowest BCUT2D eigenvalue weighted by atomic mass is 9.91. The first-order valence-electron chi connectivity index (χ1n) is 9.18. The first-order chi connectivity index (χ1) is 13.0. The van der Waals surface area contributed by atoms with Crippen LogP contribution in [0.4, 0.5) is 8.78 Å². The van der Waals surface area contributed by atoms with Gasteiger partial charge >= 0.3 is 0 Å². The van der Waals surface area contributed by atoms with Crippen LogP contribution >= 0.6 is 0 Å². The molecule has 2 N–H and O–H groups in total. The van der Waals surface area contributed by atoms with E-state index in [-0.39, 0.29) is 19.0 Å². The van der Waals surface area contributed by atoms with E-state index in [1.54, 1.807) is 4.90 Å². The summed E-state index contributed by atoms with van der Waals surface area (Å²) in [5.41, 5.74) is 0.241. The Morgan fingerprint density at radius 3 is 2.59 bits per heavy atom. The number of aliphatic hydroxyl groups is 1. The summed E-state index contributed by atoms with van der Waals surface area (Å²) < 4.78 is 26.2. The summed E-state index contributed by atoms with van der Waals surface area (Å²) in [5, 5.41) is 13.8. The summed E-state index contributed by atoms with van der Waals surface area (Å²) in [6.07, 6.45) is 1.85. The number of benzene rings is 2. The van der Waals surface area contributed by atoms with Crippen LogP contribution in [-0.4, -0.2) is 41.1 Å². The molecule has 4 nitrogen and oxygen atoms in total. The van der Waals surface area contributed by atoms with Crippen molar-refractivity contribution >= 4 is 5.91 Å². The van der Waals surface area contributed by atoms with Crippen molar-refractivity contribution in [3.63, 3.8) is 0 Å². The van der Waals surface area contributed by atoms with Crippen LogP contribution in [0.5, 0.6) is 0 Å². The average molecular weight is 374 g/mol. The monoisotopic (exact) mass is 374 g/mol. The van der Waals surface area contributed by atoms with Gasteiger partial charge < -0.3 is 15.3 Å². The number of hydrogen-bond donors (Lipinski definition) is 2. The summed E-state index contributed by atoms with van der Waals surface area (Å²) in [5.74, 6) is -2.08. The third kappa shape index (κ3) is 4.90. The number of rotatable bonds is 7. The van der Waals surface area contributed by atoms with E-state index in [0.29, 0.717) is 25.1 Å². The summed E-state index contributed by atoms with van der Waals surface area (Å²) in [7, 11) is 0. The predicted octanol–water partition coefficient (Wildman–Crippen LogP) is 2.65. The number of nitrogens with zero attached hydrogens (tertiary/aromatic N) is 1. The number of hydrogen-bond acceptors (Lipinski definition) is 3. The smallest absolute Gasteiger partial charge is 0.255 e. The van der Waals surface area contributed by atoms with E-state index in [1.165, 1.54) is 6.07 Å². The Bertz CT molecular complexity index is 785. The quantitative estimate of drug-likeness (QED) is 0.784. The van der Waals surface area contributed by atoms with E-state index in [4.69, 9.17) is 0 Å². The molecule has 1 fully saturated rings. The molecule has 2 aromatic rings.